The highest BCUT2D eigenvalue weighted by Gasteiger charge is 2.19. The maximum Gasteiger partial charge on any atom is 0.237 e. The first-order chi connectivity index (χ1) is 15.5. The van der Waals surface area contributed by atoms with Crippen LogP contribution in [0.5, 0.6) is 0 Å². The van der Waals surface area contributed by atoms with E-state index in [9.17, 15) is 4.79 Å². The van der Waals surface area contributed by atoms with Crippen LogP contribution in [0.4, 0.5) is 5.69 Å². The number of thioether (sulfide) groups is 1. The molecule has 0 radical (unpaired) electrons. The van der Waals surface area contributed by atoms with Gasteiger partial charge in [0.1, 0.15) is 5.82 Å². The van der Waals surface area contributed by atoms with Crippen LogP contribution in [0.1, 0.15) is 22.5 Å². The van der Waals surface area contributed by atoms with E-state index < -0.39 is 0 Å². The van der Waals surface area contributed by atoms with Crippen LogP contribution in [-0.2, 0) is 11.2 Å². The van der Waals surface area contributed by atoms with Crippen molar-refractivity contribution < 1.29 is 4.79 Å². The van der Waals surface area contributed by atoms with Crippen LogP contribution < -0.4 is 4.90 Å². The zero-order chi connectivity index (χ0) is 22.5. The predicted molar refractivity (Wildman–Crippen MR) is 131 cm³/mol. The lowest BCUT2D eigenvalue weighted by Gasteiger charge is -2.17. The third kappa shape index (κ3) is 4.92. The molecule has 0 aliphatic rings. The van der Waals surface area contributed by atoms with Crippen LogP contribution in [0.2, 0.25) is 0 Å². The second-order valence-corrected chi connectivity index (χ2v) is 8.71. The van der Waals surface area contributed by atoms with E-state index in [0.717, 1.165) is 27.9 Å². The van der Waals surface area contributed by atoms with Gasteiger partial charge in [0.25, 0.3) is 0 Å². The molecule has 0 unspecified atom stereocenters. The Labute approximate surface area is 193 Å². The zero-order valence-electron chi connectivity index (χ0n) is 18.5. The van der Waals surface area contributed by atoms with Gasteiger partial charge in [-0.2, -0.15) is 0 Å². The van der Waals surface area contributed by atoms with E-state index in [0.29, 0.717) is 6.42 Å². The molecule has 0 bridgehead atoms. The number of para-hydroxylation sites is 1. The van der Waals surface area contributed by atoms with Gasteiger partial charge in [-0.25, -0.2) is 0 Å². The van der Waals surface area contributed by atoms with Crippen LogP contribution in [0.25, 0.3) is 5.69 Å². The summed E-state index contributed by atoms with van der Waals surface area (Å²) in [5, 5.41) is 9.68. The molecule has 0 spiro atoms. The minimum absolute atomic E-state index is 0.0148. The molecule has 4 aromatic rings. The average molecular weight is 443 g/mol. The molecule has 1 heterocycles. The fourth-order valence-corrected chi connectivity index (χ4v) is 4.48. The maximum atomic E-state index is 12.8. The molecular weight excluding hydrogens is 416 g/mol. The molecule has 0 saturated carbocycles. The highest BCUT2D eigenvalue weighted by molar-refractivity contribution is 7.99. The molecule has 32 heavy (non-hydrogen) atoms. The van der Waals surface area contributed by atoms with Gasteiger partial charge < -0.3 is 4.90 Å². The summed E-state index contributed by atoms with van der Waals surface area (Å²) >= 11 is 1.42. The molecule has 1 amide bonds. The Balaban J connectivity index is 1.62. The molecule has 5 nitrogen and oxygen atoms in total. The van der Waals surface area contributed by atoms with Crippen molar-refractivity contribution in [2.45, 2.75) is 25.4 Å². The standard InChI is InChI=1S/C26H26N4OS/c1-19-14-15-23(20(2)16-19)30-24(17-21-10-6-4-7-11-21)27-28-26(30)32-18-25(31)29(3)22-12-8-5-9-13-22/h4-16H,17-18H2,1-3H3. The highest BCUT2D eigenvalue weighted by Crippen LogP contribution is 2.27. The Bertz CT molecular complexity index is 1210. The van der Waals surface area contributed by atoms with Gasteiger partial charge in [-0.05, 0) is 43.2 Å². The minimum atomic E-state index is 0.0148. The summed E-state index contributed by atoms with van der Waals surface area (Å²) in [6.45, 7) is 4.18. The smallest absolute Gasteiger partial charge is 0.237 e. The summed E-state index contributed by atoms with van der Waals surface area (Å²) in [6.07, 6.45) is 0.666. The molecule has 0 aliphatic heterocycles. The Hall–Kier alpha value is -3.38. The van der Waals surface area contributed by atoms with Crippen LogP contribution >= 0.6 is 11.8 Å². The number of carbonyl (C=O) groups excluding carboxylic acids is 1. The molecule has 0 saturated heterocycles. The quantitative estimate of drug-likeness (QED) is 0.368. The van der Waals surface area contributed by atoms with Gasteiger partial charge in [0, 0.05) is 19.2 Å². The fourth-order valence-electron chi connectivity index (χ4n) is 3.60. The summed E-state index contributed by atoms with van der Waals surface area (Å²) in [6, 6.07) is 26.3. The van der Waals surface area contributed by atoms with E-state index in [1.165, 1.54) is 22.9 Å². The second-order valence-electron chi connectivity index (χ2n) is 7.76. The topological polar surface area (TPSA) is 51.0 Å². The normalized spacial score (nSPS) is 10.8. The van der Waals surface area contributed by atoms with Crippen molar-refractivity contribution in [3.63, 3.8) is 0 Å². The average Bonchev–Trinajstić information content (AvgIpc) is 3.20. The second kappa shape index (κ2) is 9.83. The third-order valence-corrected chi connectivity index (χ3v) is 6.25. The Morgan fingerprint density at radius 3 is 2.31 bits per heavy atom. The zero-order valence-corrected chi connectivity index (χ0v) is 19.3. The van der Waals surface area contributed by atoms with Gasteiger partial charge in [-0.15, -0.1) is 10.2 Å². The third-order valence-electron chi connectivity index (χ3n) is 5.34. The Morgan fingerprint density at radius 2 is 1.62 bits per heavy atom. The summed E-state index contributed by atoms with van der Waals surface area (Å²) in [4.78, 5) is 14.5. The molecule has 0 fully saturated rings. The number of nitrogens with zero attached hydrogens (tertiary/aromatic N) is 4. The summed E-state index contributed by atoms with van der Waals surface area (Å²) in [5.41, 5.74) is 5.44. The lowest BCUT2D eigenvalue weighted by atomic mass is 10.1. The Morgan fingerprint density at radius 1 is 0.938 bits per heavy atom. The van der Waals surface area contributed by atoms with Gasteiger partial charge in [0.2, 0.25) is 5.91 Å². The molecular formula is C26H26N4OS. The summed E-state index contributed by atoms with van der Waals surface area (Å²) in [7, 11) is 1.80. The number of aromatic nitrogens is 3. The predicted octanol–water partition coefficient (Wildman–Crippen LogP) is 5.23. The Kier molecular flexibility index (Phi) is 6.71. The van der Waals surface area contributed by atoms with Gasteiger partial charge in [0.15, 0.2) is 5.16 Å². The summed E-state index contributed by atoms with van der Waals surface area (Å²) in [5.74, 6) is 1.15. The first-order valence-electron chi connectivity index (χ1n) is 10.5. The largest absolute Gasteiger partial charge is 0.315 e. The first-order valence-corrected chi connectivity index (χ1v) is 11.5. The van der Waals surface area contributed by atoms with E-state index in [1.54, 1.807) is 11.9 Å². The van der Waals surface area contributed by atoms with Crippen molar-refractivity contribution >= 4 is 23.4 Å². The number of rotatable bonds is 7. The summed E-state index contributed by atoms with van der Waals surface area (Å²) < 4.78 is 2.09. The molecule has 3 aromatic carbocycles. The lowest BCUT2D eigenvalue weighted by Crippen LogP contribution is -2.28. The lowest BCUT2D eigenvalue weighted by molar-refractivity contribution is -0.115. The van der Waals surface area contributed by atoms with Crippen molar-refractivity contribution in [3.8, 4) is 5.69 Å². The van der Waals surface area contributed by atoms with Crippen LogP contribution in [-0.4, -0.2) is 33.5 Å². The molecule has 1 aromatic heterocycles. The maximum absolute atomic E-state index is 12.8. The van der Waals surface area contributed by atoms with Crippen molar-refractivity contribution in [2.24, 2.45) is 0 Å². The van der Waals surface area contributed by atoms with E-state index in [4.69, 9.17) is 0 Å². The van der Waals surface area contributed by atoms with Crippen molar-refractivity contribution in [1.29, 1.82) is 0 Å². The molecule has 0 N–H and O–H groups in total. The van der Waals surface area contributed by atoms with E-state index in [1.807, 2.05) is 48.5 Å². The highest BCUT2D eigenvalue weighted by atomic mass is 32.2. The van der Waals surface area contributed by atoms with E-state index in [-0.39, 0.29) is 11.7 Å². The number of hydrogen-bond donors (Lipinski definition) is 0. The van der Waals surface area contributed by atoms with Crippen molar-refractivity contribution in [1.82, 2.24) is 14.8 Å². The molecule has 162 valence electrons. The molecule has 4 rings (SSSR count). The van der Waals surface area contributed by atoms with E-state index in [2.05, 4.69) is 58.9 Å². The van der Waals surface area contributed by atoms with E-state index >= 15 is 0 Å². The SMILES string of the molecule is Cc1ccc(-n2c(Cc3ccccc3)nnc2SCC(=O)N(C)c2ccccc2)c(C)c1. The van der Waals surface area contributed by atoms with Crippen LogP contribution in [0, 0.1) is 13.8 Å². The van der Waals surface area contributed by atoms with Gasteiger partial charge >= 0.3 is 0 Å². The number of anilines is 1. The molecule has 0 atom stereocenters. The minimum Gasteiger partial charge on any atom is -0.315 e. The van der Waals surface area contributed by atoms with Gasteiger partial charge in [-0.1, -0.05) is 78.0 Å². The van der Waals surface area contributed by atoms with Crippen LogP contribution in [0.15, 0.2) is 84.0 Å². The molecule has 6 heteroatoms. The first kappa shape index (κ1) is 21.8. The van der Waals surface area contributed by atoms with Crippen molar-refractivity contribution in [2.75, 3.05) is 17.7 Å². The number of carbonyl (C=O) groups is 1. The molecule has 0 aliphatic carbocycles. The number of hydrogen-bond acceptors (Lipinski definition) is 4. The fraction of sp³-hybridized carbons (Fsp3) is 0.192. The number of amides is 1. The number of benzene rings is 3. The van der Waals surface area contributed by atoms with Crippen LogP contribution in [0.3, 0.4) is 0 Å². The van der Waals surface area contributed by atoms with Crippen molar-refractivity contribution in [3.05, 3.63) is 101 Å². The van der Waals surface area contributed by atoms with Gasteiger partial charge in [-0.3, -0.25) is 9.36 Å². The van der Waals surface area contributed by atoms with Gasteiger partial charge in [0.05, 0.1) is 11.4 Å². The monoisotopic (exact) mass is 442 g/mol. The number of aryl methyl sites for hydroxylation is 2.